The summed E-state index contributed by atoms with van der Waals surface area (Å²) in [6.45, 7) is 5.74. The molecule has 0 amide bonds. The van der Waals surface area contributed by atoms with Gasteiger partial charge in [-0.2, -0.15) is 10.2 Å². The van der Waals surface area contributed by atoms with Crippen molar-refractivity contribution in [1.29, 1.82) is 0 Å². The van der Waals surface area contributed by atoms with Crippen molar-refractivity contribution in [3.05, 3.63) is 34.8 Å². The number of rotatable bonds is 4. The Bertz CT molecular complexity index is 619. The Morgan fingerprint density at radius 3 is 2.53 bits per heavy atom. The molecule has 6 nitrogen and oxygen atoms in total. The Morgan fingerprint density at radius 2 is 2.05 bits per heavy atom. The first-order chi connectivity index (χ1) is 9.08. The van der Waals surface area contributed by atoms with Gasteiger partial charge in [0.1, 0.15) is 5.56 Å². The van der Waals surface area contributed by atoms with E-state index in [1.54, 1.807) is 12.4 Å². The van der Waals surface area contributed by atoms with Crippen LogP contribution in [0, 0.1) is 6.92 Å². The zero-order valence-corrected chi connectivity index (χ0v) is 11.2. The van der Waals surface area contributed by atoms with E-state index in [0.29, 0.717) is 12.8 Å². The largest absolute Gasteiger partial charge is 0.478 e. The maximum absolute atomic E-state index is 11.5. The van der Waals surface area contributed by atoms with Crippen molar-refractivity contribution >= 4 is 5.97 Å². The normalized spacial score (nSPS) is 10.7. The summed E-state index contributed by atoms with van der Waals surface area (Å²) in [6.07, 6.45) is 4.66. The third kappa shape index (κ3) is 2.33. The van der Waals surface area contributed by atoms with Crippen LogP contribution in [0.1, 0.15) is 41.0 Å². The van der Waals surface area contributed by atoms with Gasteiger partial charge in [0.15, 0.2) is 5.82 Å². The van der Waals surface area contributed by atoms with E-state index >= 15 is 0 Å². The number of aromatic carboxylic acids is 1. The molecule has 2 aromatic heterocycles. The summed E-state index contributed by atoms with van der Waals surface area (Å²) in [5.74, 6) is -0.723. The van der Waals surface area contributed by atoms with Gasteiger partial charge < -0.3 is 5.11 Å². The molecule has 0 bridgehead atoms. The minimum Gasteiger partial charge on any atom is -0.478 e. The molecule has 0 radical (unpaired) electrons. The van der Waals surface area contributed by atoms with E-state index in [1.165, 1.54) is 4.68 Å². The third-order valence-corrected chi connectivity index (χ3v) is 2.97. The molecule has 100 valence electrons. The molecule has 19 heavy (non-hydrogen) atoms. The Morgan fingerprint density at radius 1 is 1.32 bits per heavy atom. The van der Waals surface area contributed by atoms with Crippen LogP contribution in [0.15, 0.2) is 12.4 Å². The van der Waals surface area contributed by atoms with Crippen LogP contribution in [0.3, 0.4) is 0 Å². The van der Waals surface area contributed by atoms with E-state index in [9.17, 15) is 9.90 Å². The standard InChI is InChI=1S/C13H16N4O2/c1-4-9-10(5-2)15-16-12(11(9)13(18)19)17-7-8(3)6-14-17/h6-7H,4-5H2,1-3H3,(H,18,19). The van der Waals surface area contributed by atoms with E-state index in [2.05, 4.69) is 15.3 Å². The van der Waals surface area contributed by atoms with E-state index in [0.717, 1.165) is 16.8 Å². The van der Waals surface area contributed by atoms with Crippen molar-refractivity contribution in [2.45, 2.75) is 33.6 Å². The van der Waals surface area contributed by atoms with Crippen molar-refractivity contribution in [3.8, 4) is 5.82 Å². The molecule has 0 aliphatic heterocycles. The van der Waals surface area contributed by atoms with Crippen LogP contribution in [0.2, 0.25) is 0 Å². The zero-order valence-electron chi connectivity index (χ0n) is 11.2. The molecule has 0 fully saturated rings. The molecule has 0 aliphatic rings. The van der Waals surface area contributed by atoms with Crippen LogP contribution >= 0.6 is 0 Å². The molecule has 2 aromatic rings. The Hall–Kier alpha value is -2.24. The Labute approximate surface area is 111 Å². The highest BCUT2D eigenvalue weighted by Crippen LogP contribution is 2.20. The molecule has 0 aromatic carbocycles. The van der Waals surface area contributed by atoms with Crippen LogP contribution in [0.25, 0.3) is 5.82 Å². The smallest absolute Gasteiger partial charge is 0.339 e. The van der Waals surface area contributed by atoms with Gasteiger partial charge in [0.2, 0.25) is 0 Å². The molecule has 0 saturated carbocycles. The predicted octanol–water partition coefficient (Wildman–Crippen LogP) is 1.79. The fraction of sp³-hybridized carbons (Fsp3) is 0.385. The second kappa shape index (κ2) is 5.17. The number of aryl methyl sites for hydroxylation is 2. The molecule has 0 aliphatic carbocycles. The topological polar surface area (TPSA) is 80.9 Å². The summed E-state index contributed by atoms with van der Waals surface area (Å²) in [5.41, 5.74) is 2.59. The van der Waals surface area contributed by atoms with E-state index in [4.69, 9.17) is 0 Å². The van der Waals surface area contributed by atoms with Gasteiger partial charge in [-0.05, 0) is 30.9 Å². The number of aromatic nitrogens is 4. The highest BCUT2D eigenvalue weighted by Gasteiger charge is 2.21. The second-order valence-corrected chi connectivity index (χ2v) is 4.30. The third-order valence-electron chi connectivity index (χ3n) is 2.97. The fourth-order valence-electron chi connectivity index (χ4n) is 2.08. The minimum atomic E-state index is -0.996. The number of hydrogen-bond donors (Lipinski definition) is 1. The van der Waals surface area contributed by atoms with Gasteiger partial charge in [0, 0.05) is 6.20 Å². The van der Waals surface area contributed by atoms with Crippen LogP contribution in [0.4, 0.5) is 0 Å². The van der Waals surface area contributed by atoms with Crippen molar-refractivity contribution in [2.24, 2.45) is 0 Å². The zero-order chi connectivity index (χ0) is 14.0. The lowest BCUT2D eigenvalue weighted by Crippen LogP contribution is -2.15. The van der Waals surface area contributed by atoms with Crippen molar-refractivity contribution in [1.82, 2.24) is 20.0 Å². The number of carboxylic acid groups (broad SMARTS) is 1. The van der Waals surface area contributed by atoms with Gasteiger partial charge in [-0.25, -0.2) is 9.48 Å². The SMILES string of the molecule is CCc1nnc(-n2cc(C)cn2)c(C(=O)O)c1CC. The maximum atomic E-state index is 11.5. The molecule has 0 spiro atoms. The van der Waals surface area contributed by atoms with Gasteiger partial charge in [-0.15, -0.1) is 5.10 Å². The molecular formula is C13H16N4O2. The van der Waals surface area contributed by atoms with Crippen LogP contribution in [-0.4, -0.2) is 31.1 Å². The first-order valence-corrected chi connectivity index (χ1v) is 6.21. The number of carbonyl (C=O) groups is 1. The fourth-order valence-corrected chi connectivity index (χ4v) is 2.08. The molecule has 0 unspecified atom stereocenters. The van der Waals surface area contributed by atoms with E-state index in [1.807, 2.05) is 20.8 Å². The van der Waals surface area contributed by atoms with Gasteiger partial charge in [-0.3, -0.25) is 0 Å². The summed E-state index contributed by atoms with van der Waals surface area (Å²) < 4.78 is 1.46. The molecule has 0 saturated heterocycles. The Kier molecular flexibility index (Phi) is 3.59. The average Bonchev–Trinajstić information content (AvgIpc) is 2.83. The van der Waals surface area contributed by atoms with Gasteiger partial charge in [-0.1, -0.05) is 13.8 Å². The van der Waals surface area contributed by atoms with Gasteiger partial charge >= 0.3 is 5.97 Å². The van der Waals surface area contributed by atoms with Crippen LogP contribution < -0.4 is 0 Å². The van der Waals surface area contributed by atoms with Gasteiger partial charge in [0.25, 0.3) is 0 Å². The lowest BCUT2D eigenvalue weighted by Gasteiger charge is -2.11. The van der Waals surface area contributed by atoms with Crippen LogP contribution in [-0.2, 0) is 12.8 Å². The summed E-state index contributed by atoms with van der Waals surface area (Å²) in [5, 5.41) is 21.7. The number of hydrogen-bond acceptors (Lipinski definition) is 4. The minimum absolute atomic E-state index is 0.192. The lowest BCUT2D eigenvalue weighted by molar-refractivity contribution is 0.0694. The van der Waals surface area contributed by atoms with Crippen LogP contribution in [0.5, 0.6) is 0 Å². The average molecular weight is 260 g/mol. The summed E-state index contributed by atoms with van der Waals surface area (Å²) >= 11 is 0. The number of carboxylic acids is 1. The highest BCUT2D eigenvalue weighted by molar-refractivity contribution is 5.93. The van der Waals surface area contributed by atoms with Gasteiger partial charge in [0.05, 0.1) is 11.9 Å². The summed E-state index contributed by atoms with van der Waals surface area (Å²) in [4.78, 5) is 11.5. The molecule has 2 rings (SSSR count). The highest BCUT2D eigenvalue weighted by atomic mass is 16.4. The predicted molar refractivity (Wildman–Crippen MR) is 69.6 cm³/mol. The Balaban J connectivity index is 2.71. The summed E-state index contributed by atoms with van der Waals surface area (Å²) in [6, 6.07) is 0. The molecule has 1 N–H and O–H groups in total. The first-order valence-electron chi connectivity index (χ1n) is 6.21. The molecular weight excluding hydrogens is 244 g/mol. The molecule has 2 heterocycles. The molecule has 6 heteroatoms. The maximum Gasteiger partial charge on any atom is 0.339 e. The van der Waals surface area contributed by atoms with Crippen molar-refractivity contribution < 1.29 is 9.90 Å². The number of nitrogens with zero attached hydrogens (tertiary/aromatic N) is 4. The van der Waals surface area contributed by atoms with E-state index < -0.39 is 5.97 Å². The van der Waals surface area contributed by atoms with Crippen molar-refractivity contribution in [2.75, 3.05) is 0 Å². The quantitative estimate of drug-likeness (QED) is 0.906. The first kappa shape index (κ1) is 13.2. The van der Waals surface area contributed by atoms with E-state index in [-0.39, 0.29) is 11.4 Å². The monoisotopic (exact) mass is 260 g/mol. The summed E-state index contributed by atoms with van der Waals surface area (Å²) in [7, 11) is 0. The molecule has 0 atom stereocenters. The lowest BCUT2D eigenvalue weighted by atomic mass is 10.0. The van der Waals surface area contributed by atoms with Crippen molar-refractivity contribution in [3.63, 3.8) is 0 Å². The second-order valence-electron chi connectivity index (χ2n) is 4.30.